The summed E-state index contributed by atoms with van der Waals surface area (Å²) in [6.07, 6.45) is 0.375. The van der Waals surface area contributed by atoms with Gasteiger partial charge in [0, 0.05) is 29.7 Å². The molecule has 0 spiro atoms. The molecule has 0 saturated heterocycles. The number of halogens is 1. The molecule has 0 aliphatic rings. The monoisotopic (exact) mass is 462 g/mol. The van der Waals surface area contributed by atoms with Gasteiger partial charge in [0.05, 0.1) is 4.90 Å². The molecule has 0 heterocycles. The van der Waals surface area contributed by atoms with Crippen LogP contribution in [0.1, 0.15) is 16.8 Å². The van der Waals surface area contributed by atoms with Gasteiger partial charge in [-0.2, -0.15) is 0 Å². The first-order chi connectivity index (χ1) is 16.0. The first-order valence-electron chi connectivity index (χ1n) is 10.6. The SMILES string of the molecule is O=C(c1ccccc1)N(CCCNS(=O)(=O)c1cccc2ccccc12)c1ccc(F)cc1. The highest BCUT2D eigenvalue weighted by molar-refractivity contribution is 7.89. The molecule has 0 radical (unpaired) electrons. The smallest absolute Gasteiger partial charge is 0.258 e. The molecular weight excluding hydrogens is 439 g/mol. The molecule has 0 bridgehead atoms. The van der Waals surface area contributed by atoms with Crippen molar-refractivity contribution < 1.29 is 17.6 Å². The molecule has 0 atom stereocenters. The van der Waals surface area contributed by atoms with E-state index in [2.05, 4.69) is 4.72 Å². The minimum atomic E-state index is -3.73. The van der Waals surface area contributed by atoms with Gasteiger partial charge in [-0.3, -0.25) is 4.79 Å². The highest BCUT2D eigenvalue weighted by Crippen LogP contribution is 2.23. The molecular formula is C26H23FN2O3S. The molecule has 33 heavy (non-hydrogen) atoms. The number of anilines is 1. The predicted molar refractivity (Wildman–Crippen MR) is 128 cm³/mol. The van der Waals surface area contributed by atoms with Crippen LogP contribution in [0.4, 0.5) is 10.1 Å². The highest BCUT2D eigenvalue weighted by atomic mass is 32.2. The number of carbonyl (C=O) groups is 1. The Labute approximate surface area is 192 Å². The standard InChI is InChI=1S/C26H23FN2O3S/c27-22-14-16-23(17-15-22)29(26(30)21-9-2-1-3-10-21)19-7-18-28-33(31,32)25-13-6-11-20-8-4-5-12-24(20)25/h1-6,8-17,28H,7,18-19H2. The van der Waals surface area contributed by atoms with E-state index in [1.165, 1.54) is 29.2 Å². The van der Waals surface area contributed by atoms with Gasteiger partial charge in [-0.05, 0) is 54.3 Å². The van der Waals surface area contributed by atoms with E-state index >= 15 is 0 Å². The fourth-order valence-electron chi connectivity index (χ4n) is 3.66. The molecule has 0 saturated carbocycles. The van der Waals surface area contributed by atoms with Crippen molar-refractivity contribution in [1.82, 2.24) is 4.72 Å². The topological polar surface area (TPSA) is 66.5 Å². The van der Waals surface area contributed by atoms with E-state index in [1.54, 1.807) is 48.5 Å². The summed E-state index contributed by atoms with van der Waals surface area (Å²) in [5, 5.41) is 1.50. The van der Waals surface area contributed by atoms with Crippen LogP contribution in [-0.2, 0) is 10.0 Å². The fourth-order valence-corrected chi connectivity index (χ4v) is 4.96. The average Bonchev–Trinajstić information content (AvgIpc) is 2.84. The maximum absolute atomic E-state index is 13.4. The Morgan fingerprint density at radius 3 is 2.24 bits per heavy atom. The Morgan fingerprint density at radius 2 is 1.48 bits per heavy atom. The van der Waals surface area contributed by atoms with E-state index in [0.717, 1.165) is 5.39 Å². The number of amides is 1. The molecule has 168 valence electrons. The molecule has 4 rings (SSSR count). The molecule has 0 aliphatic carbocycles. The molecule has 1 amide bonds. The first kappa shape index (κ1) is 22.6. The van der Waals surface area contributed by atoms with Crippen LogP contribution >= 0.6 is 0 Å². The first-order valence-corrected chi connectivity index (χ1v) is 12.0. The molecule has 4 aromatic carbocycles. The molecule has 0 aliphatic heterocycles. The summed E-state index contributed by atoms with van der Waals surface area (Å²) in [7, 11) is -3.73. The lowest BCUT2D eigenvalue weighted by Crippen LogP contribution is -2.34. The number of benzene rings is 4. The number of sulfonamides is 1. The number of hydrogen-bond acceptors (Lipinski definition) is 3. The molecule has 1 N–H and O–H groups in total. The van der Waals surface area contributed by atoms with Crippen LogP contribution < -0.4 is 9.62 Å². The van der Waals surface area contributed by atoms with Crippen LogP contribution in [0, 0.1) is 5.82 Å². The lowest BCUT2D eigenvalue weighted by molar-refractivity contribution is 0.0986. The zero-order valence-electron chi connectivity index (χ0n) is 17.8. The number of rotatable bonds is 8. The second-order valence-electron chi connectivity index (χ2n) is 7.53. The number of nitrogens with one attached hydrogen (secondary N) is 1. The maximum atomic E-state index is 13.4. The molecule has 4 aromatic rings. The number of nitrogens with zero attached hydrogens (tertiary/aromatic N) is 1. The molecule has 7 heteroatoms. The number of hydrogen-bond donors (Lipinski definition) is 1. The van der Waals surface area contributed by atoms with Gasteiger partial charge in [-0.15, -0.1) is 0 Å². The van der Waals surface area contributed by atoms with E-state index in [-0.39, 0.29) is 23.9 Å². The summed E-state index contributed by atoms with van der Waals surface area (Å²) in [4.78, 5) is 14.8. The summed E-state index contributed by atoms with van der Waals surface area (Å²) >= 11 is 0. The second kappa shape index (κ2) is 9.94. The quantitative estimate of drug-likeness (QED) is 0.375. The summed E-state index contributed by atoms with van der Waals surface area (Å²) < 4.78 is 41.9. The molecule has 0 fully saturated rings. The predicted octanol–water partition coefficient (Wildman–Crippen LogP) is 4.99. The van der Waals surface area contributed by atoms with Crippen LogP contribution in [0.2, 0.25) is 0 Å². The van der Waals surface area contributed by atoms with Gasteiger partial charge in [0.2, 0.25) is 10.0 Å². The van der Waals surface area contributed by atoms with Gasteiger partial charge in [-0.25, -0.2) is 17.5 Å². The van der Waals surface area contributed by atoms with Crippen molar-refractivity contribution >= 4 is 32.4 Å². The molecule has 5 nitrogen and oxygen atoms in total. The van der Waals surface area contributed by atoms with Crippen LogP contribution in [0.3, 0.4) is 0 Å². The van der Waals surface area contributed by atoms with Gasteiger partial charge in [0.15, 0.2) is 0 Å². The molecule has 0 aromatic heterocycles. The lowest BCUT2D eigenvalue weighted by Gasteiger charge is -2.23. The Hall–Kier alpha value is -3.55. The van der Waals surface area contributed by atoms with Crippen molar-refractivity contribution in [3.63, 3.8) is 0 Å². The zero-order chi connectivity index (χ0) is 23.3. The fraction of sp³-hybridized carbons (Fsp3) is 0.115. The summed E-state index contributed by atoms with van der Waals surface area (Å²) in [5.74, 6) is -0.632. The zero-order valence-corrected chi connectivity index (χ0v) is 18.6. The van der Waals surface area contributed by atoms with Crippen LogP contribution in [0.5, 0.6) is 0 Å². The maximum Gasteiger partial charge on any atom is 0.258 e. The molecule has 0 unspecified atom stereocenters. The van der Waals surface area contributed by atoms with Crippen molar-refractivity contribution in [2.75, 3.05) is 18.0 Å². The Kier molecular flexibility index (Phi) is 6.82. The third-order valence-electron chi connectivity index (χ3n) is 5.29. The van der Waals surface area contributed by atoms with Gasteiger partial charge >= 0.3 is 0 Å². The summed E-state index contributed by atoms with van der Waals surface area (Å²) in [5.41, 5.74) is 1.04. The summed E-state index contributed by atoms with van der Waals surface area (Å²) in [6, 6.07) is 26.9. The van der Waals surface area contributed by atoms with Crippen molar-refractivity contribution in [3.8, 4) is 0 Å². The van der Waals surface area contributed by atoms with Gasteiger partial charge in [-0.1, -0.05) is 54.6 Å². The minimum Gasteiger partial charge on any atom is -0.308 e. The van der Waals surface area contributed by atoms with E-state index in [4.69, 9.17) is 0 Å². The van der Waals surface area contributed by atoms with Gasteiger partial charge in [0.25, 0.3) is 5.91 Å². The normalized spacial score (nSPS) is 11.4. The van der Waals surface area contributed by atoms with Gasteiger partial charge < -0.3 is 4.90 Å². The Bertz CT molecular complexity index is 1350. The Balaban J connectivity index is 1.48. The highest BCUT2D eigenvalue weighted by Gasteiger charge is 2.19. The number of carbonyl (C=O) groups excluding carboxylic acids is 1. The van der Waals surface area contributed by atoms with E-state index in [0.29, 0.717) is 23.1 Å². The minimum absolute atomic E-state index is 0.144. The Morgan fingerprint density at radius 1 is 0.818 bits per heavy atom. The van der Waals surface area contributed by atoms with E-state index in [1.807, 2.05) is 24.3 Å². The summed E-state index contributed by atoms with van der Waals surface area (Å²) in [6.45, 7) is 0.405. The average molecular weight is 463 g/mol. The van der Waals surface area contributed by atoms with Crippen molar-refractivity contribution in [2.45, 2.75) is 11.3 Å². The van der Waals surface area contributed by atoms with Gasteiger partial charge in [0.1, 0.15) is 5.82 Å². The van der Waals surface area contributed by atoms with Crippen LogP contribution in [0.25, 0.3) is 10.8 Å². The second-order valence-corrected chi connectivity index (χ2v) is 9.26. The van der Waals surface area contributed by atoms with E-state index in [9.17, 15) is 17.6 Å². The lowest BCUT2D eigenvalue weighted by atomic mass is 10.1. The largest absolute Gasteiger partial charge is 0.308 e. The van der Waals surface area contributed by atoms with Crippen molar-refractivity contribution in [3.05, 3.63) is 108 Å². The van der Waals surface area contributed by atoms with Crippen molar-refractivity contribution in [2.24, 2.45) is 0 Å². The van der Waals surface area contributed by atoms with Crippen molar-refractivity contribution in [1.29, 1.82) is 0 Å². The van der Waals surface area contributed by atoms with Crippen LogP contribution in [0.15, 0.2) is 102 Å². The van der Waals surface area contributed by atoms with Crippen LogP contribution in [-0.4, -0.2) is 27.4 Å². The number of fused-ring (bicyclic) bond motifs is 1. The third kappa shape index (κ3) is 5.27. The third-order valence-corrected chi connectivity index (χ3v) is 6.81. The van der Waals surface area contributed by atoms with E-state index < -0.39 is 15.8 Å².